The van der Waals surface area contributed by atoms with Gasteiger partial charge in [0.05, 0.1) is 13.7 Å². The van der Waals surface area contributed by atoms with Gasteiger partial charge in [0, 0.05) is 37.9 Å². The van der Waals surface area contributed by atoms with Crippen molar-refractivity contribution in [1.82, 2.24) is 5.32 Å². The Morgan fingerprint density at radius 3 is 2.65 bits per heavy atom. The summed E-state index contributed by atoms with van der Waals surface area (Å²) in [6.07, 6.45) is 0. The third kappa shape index (κ3) is 2.82. The second kappa shape index (κ2) is 5.77. The van der Waals surface area contributed by atoms with Gasteiger partial charge < -0.3 is 19.7 Å². The van der Waals surface area contributed by atoms with E-state index in [1.54, 1.807) is 7.11 Å². The van der Waals surface area contributed by atoms with Gasteiger partial charge in [0.25, 0.3) is 0 Å². The zero-order valence-corrected chi connectivity index (χ0v) is 10.5. The van der Waals surface area contributed by atoms with Crippen LogP contribution in [-0.2, 0) is 0 Å². The number of hydrogen-bond donors (Lipinski definition) is 1. The zero-order chi connectivity index (χ0) is 12.1. The highest BCUT2D eigenvalue weighted by molar-refractivity contribution is 5.56. The van der Waals surface area contributed by atoms with Gasteiger partial charge >= 0.3 is 0 Å². The SMILES string of the molecule is CCOc1cc(N2CCNCC2)ccc1OC. The molecule has 0 unspecified atom stereocenters. The van der Waals surface area contributed by atoms with Crippen molar-refractivity contribution in [3.8, 4) is 11.5 Å². The summed E-state index contributed by atoms with van der Waals surface area (Å²) in [5.74, 6) is 1.62. The Kier molecular flexibility index (Phi) is 4.09. The minimum Gasteiger partial charge on any atom is -0.493 e. The van der Waals surface area contributed by atoms with Crippen LogP contribution in [0.25, 0.3) is 0 Å². The number of ether oxygens (including phenoxy) is 2. The second-order valence-corrected chi connectivity index (χ2v) is 4.01. The molecule has 0 radical (unpaired) electrons. The average Bonchev–Trinajstić information content (AvgIpc) is 2.40. The molecule has 1 N–H and O–H groups in total. The summed E-state index contributed by atoms with van der Waals surface area (Å²) < 4.78 is 10.9. The first-order valence-corrected chi connectivity index (χ1v) is 6.11. The van der Waals surface area contributed by atoms with Gasteiger partial charge in [0.15, 0.2) is 11.5 Å². The van der Waals surface area contributed by atoms with Crippen LogP contribution in [0.3, 0.4) is 0 Å². The first-order valence-electron chi connectivity index (χ1n) is 6.11. The van der Waals surface area contributed by atoms with E-state index in [2.05, 4.69) is 22.3 Å². The van der Waals surface area contributed by atoms with E-state index in [0.29, 0.717) is 6.61 Å². The minimum absolute atomic E-state index is 0.654. The van der Waals surface area contributed by atoms with E-state index in [0.717, 1.165) is 37.7 Å². The lowest BCUT2D eigenvalue weighted by Crippen LogP contribution is -2.43. The molecule has 1 aromatic carbocycles. The number of anilines is 1. The largest absolute Gasteiger partial charge is 0.493 e. The molecule has 17 heavy (non-hydrogen) atoms. The normalized spacial score (nSPS) is 15.8. The van der Waals surface area contributed by atoms with Gasteiger partial charge in [-0.3, -0.25) is 0 Å². The maximum absolute atomic E-state index is 5.59. The lowest BCUT2D eigenvalue weighted by atomic mass is 10.2. The summed E-state index contributed by atoms with van der Waals surface area (Å²) in [5, 5.41) is 3.35. The van der Waals surface area contributed by atoms with Crippen LogP contribution >= 0.6 is 0 Å². The molecule has 2 rings (SSSR count). The number of benzene rings is 1. The Hall–Kier alpha value is -1.42. The molecule has 0 atom stereocenters. The Balaban J connectivity index is 2.19. The Morgan fingerprint density at radius 1 is 1.24 bits per heavy atom. The number of piperazine rings is 1. The topological polar surface area (TPSA) is 33.7 Å². The minimum atomic E-state index is 0.654. The molecular formula is C13H20N2O2. The number of methoxy groups -OCH3 is 1. The van der Waals surface area contributed by atoms with Gasteiger partial charge in [0.2, 0.25) is 0 Å². The van der Waals surface area contributed by atoms with Gasteiger partial charge in [-0.05, 0) is 19.1 Å². The summed E-state index contributed by atoms with van der Waals surface area (Å²) in [6, 6.07) is 6.13. The van der Waals surface area contributed by atoms with Crippen molar-refractivity contribution in [2.24, 2.45) is 0 Å². The van der Waals surface area contributed by atoms with Gasteiger partial charge in [-0.15, -0.1) is 0 Å². The van der Waals surface area contributed by atoms with Crippen LogP contribution in [0.2, 0.25) is 0 Å². The molecule has 0 aliphatic carbocycles. The second-order valence-electron chi connectivity index (χ2n) is 4.01. The summed E-state index contributed by atoms with van der Waals surface area (Å²) in [7, 11) is 1.67. The highest BCUT2D eigenvalue weighted by Gasteiger charge is 2.13. The molecule has 1 aliphatic rings. The first-order chi connectivity index (χ1) is 8.35. The van der Waals surface area contributed by atoms with Crippen LogP contribution in [0.1, 0.15) is 6.92 Å². The molecule has 1 saturated heterocycles. The fraction of sp³-hybridized carbons (Fsp3) is 0.538. The maximum Gasteiger partial charge on any atom is 0.163 e. The summed E-state index contributed by atoms with van der Waals surface area (Å²) in [4.78, 5) is 2.36. The quantitative estimate of drug-likeness (QED) is 0.859. The van der Waals surface area contributed by atoms with Crippen molar-refractivity contribution in [3.63, 3.8) is 0 Å². The van der Waals surface area contributed by atoms with Crippen LogP contribution in [0.15, 0.2) is 18.2 Å². The lowest BCUT2D eigenvalue weighted by molar-refractivity contribution is 0.311. The van der Waals surface area contributed by atoms with Crippen LogP contribution in [0.5, 0.6) is 11.5 Å². The van der Waals surface area contributed by atoms with Crippen LogP contribution < -0.4 is 19.7 Å². The van der Waals surface area contributed by atoms with Crippen molar-refractivity contribution < 1.29 is 9.47 Å². The fourth-order valence-corrected chi connectivity index (χ4v) is 2.05. The lowest BCUT2D eigenvalue weighted by Gasteiger charge is -2.29. The maximum atomic E-state index is 5.59. The number of hydrogen-bond acceptors (Lipinski definition) is 4. The van der Waals surface area contributed by atoms with E-state index >= 15 is 0 Å². The highest BCUT2D eigenvalue weighted by atomic mass is 16.5. The van der Waals surface area contributed by atoms with E-state index in [9.17, 15) is 0 Å². The Labute approximate surface area is 103 Å². The monoisotopic (exact) mass is 236 g/mol. The van der Waals surface area contributed by atoms with Crippen molar-refractivity contribution in [2.75, 3.05) is 44.8 Å². The first kappa shape index (κ1) is 12.0. The van der Waals surface area contributed by atoms with Crippen molar-refractivity contribution in [3.05, 3.63) is 18.2 Å². The van der Waals surface area contributed by atoms with E-state index in [4.69, 9.17) is 9.47 Å². The van der Waals surface area contributed by atoms with Gasteiger partial charge in [0.1, 0.15) is 0 Å². The zero-order valence-electron chi connectivity index (χ0n) is 10.5. The van der Waals surface area contributed by atoms with Crippen molar-refractivity contribution in [1.29, 1.82) is 0 Å². The molecule has 0 aromatic heterocycles. The summed E-state index contributed by atoms with van der Waals surface area (Å²) >= 11 is 0. The van der Waals surface area contributed by atoms with Crippen LogP contribution in [0.4, 0.5) is 5.69 Å². The van der Waals surface area contributed by atoms with E-state index in [1.165, 1.54) is 5.69 Å². The number of nitrogens with zero attached hydrogens (tertiary/aromatic N) is 1. The molecule has 0 spiro atoms. The molecular weight excluding hydrogens is 216 g/mol. The molecule has 1 aliphatic heterocycles. The third-order valence-electron chi connectivity index (χ3n) is 2.93. The molecule has 1 aromatic rings. The molecule has 1 heterocycles. The van der Waals surface area contributed by atoms with Gasteiger partial charge in [-0.2, -0.15) is 0 Å². The van der Waals surface area contributed by atoms with E-state index < -0.39 is 0 Å². The molecule has 4 heteroatoms. The van der Waals surface area contributed by atoms with Gasteiger partial charge in [-0.1, -0.05) is 0 Å². The molecule has 94 valence electrons. The average molecular weight is 236 g/mol. The van der Waals surface area contributed by atoms with E-state index in [-0.39, 0.29) is 0 Å². The van der Waals surface area contributed by atoms with Gasteiger partial charge in [-0.25, -0.2) is 0 Å². The molecule has 0 bridgehead atoms. The van der Waals surface area contributed by atoms with Crippen LogP contribution in [-0.4, -0.2) is 39.9 Å². The fourth-order valence-electron chi connectivity index (χ4n) is 2.05. The summed E-state index contributed by atoms with van der Waals surface area (Å²) in [5.41, 5.74) is 1.20. The predicted octanol–water partition coefficient (Wildman–Crippen LogP) is 1.50. The van der Waals surface area contributed by atoms with Crippen molar-refractivity contribution in [2.45, 2.75) is 6.92 Å². The Morgan fingerprint density at radius 2 is 2.00 bits per heavy atom. The third-order valence-corrected chi connectivity index (χ3v) is 2.93. The smallest absolute Gasteiger partial charge is 0.163 e. The van der Waals surface area contributed by atoms with E-state index in [1.807, 2.05) is 13.0 Å². The van der Waals surface area contributed by atoms with Crippen molar-refractivity contribution >= 4 is 5.69 Å². The molecule has 0 saturated carbocycles. The molecule has 1 fully saturated rings. The number of rotatable bonds is 4. The number of nitrogens with one attached hydrogen (secondary N) is 1. The summed E-state index contributed by atoms with van der Waals surface area (Å²) in [6.45, 7) is 6.79. The Bertz CT molecular complexity index is 362. The highest BCUT2D eigenvalue weighted by Crippen LogP contribution is 2.31. The van der Waals surface area contributed by atoms with Crippen LogP contribution in [0, 0.1) is 0 Å². The standard InChI is InChI=1S/C13H20N2O2/c1-3-17-13-10-11(4-5-12(13)16-2)15-8-6-14-7-9-15/h4-5,10,14H,3,6-9H2,1-2H3. The molecule has 4 nitrogen and oxygen atoms in total. The predicted molar refractivity (Wildman–Crippen MR) is 69.2 cm³/mol. The molecule has 0 amide bonds.